The highest BCUT2D eigenvalue weighted by molar-refractivity contribution is 6.30. The summed E-state index contributed by atoms with van der Waals surface area (Å²) in [6.45, 7) is 1.89. The van der Waals surface area contributed by atoms with Gasteiger partial charge in [0.2, 0.25) is 0 Å². The minimum Gasteiger partial charge on any atom is -0.484 e. The SMILES string of the molecule is Cc1cccc(OCc2cc(Cl)ccn2)c1F. The highest BCUT2D eigenvalue weighted by atomic mass is 35.5. The molecule has 0 N–H and O–H groups in total. The second-order valence-corrected chi connectivity index (χ2v) is 4.08. The predicted octanol–water partition coefficient (Wildman–Crippen LogP) is 3.76. The normalized spacial score (nSPS) is 10.3. The van der Waals surface area contributed by atoms with Gasteiger partial charge in [0.25, 0.3) is 0 Å². The van der Waals surface area contributed by atoms with Gasteiger partial charge in [0.05, 0.1) is 5.69 Å². The number of pyridine rings is 1. The molecule has 0 saturated carbocycles. The minimum absolute atomic E-state index is 0.195. The maximum absolute atomic E-state index is 13.6. The second kappa shape index (κ2) is 5.15. The molecule has 0 aliphatic heterocycles. The van der Waals surface area contributed by atoms with Crippen molar-refractivity contribution in [1.82, 2.24) is 4.98 Å². The number of hydrogen-bond donors (Lipinski definition) is 0. The van der Waals surface area contributed by atoms with Crippen molar-refractivity contribution in [3.63, 3.8) is 0 Å². The van der Waals surface area contributed by atoms with E-state index in [1.54, 1.807) is 43.5 Å². The lowest BCUT2D eigenvalue weighted by atomic mass is 10.2. The monoisotopic (exact) mass is 251 g/mol. The largest absolute Gasteiger partial charge is 0.484 e. The molecule has 0 spiro atoms. The second-order valence-electron chi connectivity index (χ2n) is 3.64. The Balaban J connectivity index is 2.10. The lowest BCUT2D eigenvalue weighted by Crippen LogP contribution is -2.00. The number of halogens is 2. The lowest BCUT2D eigenvalue weighted by Gasteiger charge is -2.08. The number of aryl methyl sites for hydroxylation is 1. The number of aromatic nitrogens is 1. The van der Waals surface area contributed by atoms with Gasteiger partial charge in [-0.1, -0.05) is 23.7 Å². The van der Waals surface area contributed by atoms with Crippen LogP contribution in [0.15, 0.2) is 36.5 Å². The highest BCUT2D eigenvalue weighted by Crippen LogP contribution is 2.20. The molecule has 4 heteroatoms. The number of nitrogens with zero attached hydrogens (tertiary/aromatic N) is 1. The van der Waals surface area contributed by atoms with Gasteiger partial charge in [0.15, 0.2) is 11.6 Å². The first kappa shape index (κ1) is 11.9. The third-order valence-electron chi connectivity index (χ3n) is 2.31. The number of rotatable bonds is 3. The molecule has 1 aromatic heterocycles. The quantitative estimate of drug-likeness (QED) is 0.829. The van der Waals surface area contributed by atoms with Crippen molar-refractivity contribution in [1.29, 1.82) is 0 Å². The van der Waals surface area contributed by atoms with Crippen molar-refractivity contribution >= 4 is 11.6 Å². The minimum atomic E-state index is -0.338. The van der Waals surface area contributed by atoms with Crippen molar-refractivity contribution < 1.29 is 9.13 Å². The summed E-state index contributed by atoms with van der Waals surface area (Å²) in [6, 6.07) is 8.40. The van der Waals surface area contributed by atoms with Gasteiger partial charge < -0.3 is 4.74 Å². The molecule has 0 bridgehead atoms. The molecule has 88 valence electrons. The molecule has 0 fully saturated rings. The summed E-state index contributed by atoms with van der Waals surface area (Å²) in [5.41, 5.74) is 1.22. The number of ether oxygens (including phenoxy) is 1. The molecule has 0 radical (unpaired) electrons. The maximum atomic E-state index is 13.6. The predicted molar refractivity (Wildman–Crippen MR) is 64.7 cm³/mol. The highest BCUT2D eigenvalue weighted by Gasteiger charge is 2.06. The molecule has 0 aliphatic carbocycles. The zero-order valence-corrected chi connectivity index (χ0v) is 10.0. The van der Waals surface area contributed by atoms with E-state index in [9.17, 15) is 4.39 Å². The van der Waals surface area contributed by atoms with Gasteiger partial charge >= 0.3 is 0 Å². The van der Waals surface area contributed by atoms with Crippen LogP contribution in [0.3, 0.4) is 0 Å². The van der Waals surface area contributed by atoms with Crippen molar-refractivity contribution in [3.8, 4) is 5.75 Å². The van der Waals surface area contributed by atoms with E-state index >= 15 is 0 Å². The summed E-state index contributed by atoms with van der Waals surface area (Å²) >= 11 is 5.81. The van der Waals surface area contributed by atoms with Crippen molar-refractivity contribution in [2.24, 2.45) is 0 Å². The summed E-state index contributed by atoms with van der Waals surface area (Å²) in [4.78, 5) is 4.07. The van der Waals surface area contributed by atoms with Gasteiger partial charge in [-0.25, -0.2) is 4.39 Å². The Morgan fingerprint density at radius 2 is 2.18 bits per heavy atom. The van der Waals surface area contributed by atoms with Crippen LogP contribution in [0.4, 0.5) is 4.39 Å². The average Bonchev–Trinajstić information content (AvgIpc) is 2.31. The lowest BCUT2D eigenvalue weighted by molar-refractivity contribution is 0.285. The van der Waals surface area contributed by atoms with E-state index in [-0.39, 0.29) is 18.2 Å². The molecular formula is C13H11ClFNO. The Kier molecular flexibility index (Phi) is 3.59. The first-order valence-corrected chi connectivity index (χ1v) is 5.53. The van der Waals surface area contributed by atoms with E-state index in [2.05, 4.69) is 4.98 Å². The molecule has 0 amide bonds. The van der Waals surface area contributed by atoms with Crippen LogP contribution in [0.2, 0.25) is 5.02 Å². The van der Waals surface area contributed by atoms with Crippen LogP contribution < -0.4 is 4.74 Å². The maximum Gasteiger partial charge on any atom is 0.167 e. The van der Waals surface area contributed by atoms with Gasteiger partial charge in [0, 0.05) is 11.2 Å². The number of benzene rings is 1. The Morgan fingerprint density at radius 1 is 1.35 bits per heavy atom. The Bertz CT molecular complexity index is 531. The molecule has 0 saturated heterocycles. The molecule has 2 rings (SSSR count). The van der Waals surface area contributed by atoms with Gasteiger partial charge in [-0.2, -0.15) is 0 Å². The van der Waals surface area contributed by atoms with Crippen LogP contribution in [0.5, 0.6) is 5.75 Å². The fourth-order valence-electron chi connectivity index (χ4n) is 1.41. The Morgan fingerprint density at radius 3 is 2.94 bits per heavy atom. The van der Waals surface area contributed by atoms with Crippen LogP contribution in [-0.4, -0.2) is 4.98 Å². The fourth-order valence-corrected chi connectivity index (χ4v) is 1.59. The van der Waals surface area contributed by atoms with Gasteiger partial charge in [-0.15, -0.1) is 0 Å². The molecule has 17 heavy (non-hydrogen) atoms. The van der Waals surface area contributed by atoms with Crippen LogP contribution in [0.1, 0.15) is 11.3 Å². The van der Waals surface area contributed by atoms with Crippen molar-refractivity contribution in [2.75, 3.05) is 0 Å². The fraction of sp³-hybridized carbons (Fsp3) is 0.154. The molecule has 0 unspecified atom stereocenters. The third kappa shape index (κ3) is 2.94. The molecule has 1 heterocycles. The summed E-state index contributed by atoms with van der Waals surface area (Å²) < 4.78 is 19.0. The number of hydrogen-bond acceptors (Lipinski definition) is 2. The summed E-state index contributed by atoms with van der Waals surface area (Å²) in [5.74, 6) is -0.110. The molecular weight excluding hydrogens is 241 g/mol. The van der Waals surface area contributed by atoms with E-state index < -0.39 is 0 Å². The zero-order chi connectivity index (χ0) is 12.3. The molecule has 0 atom stereocenters. The van der Waals surface area contributed by atoms with Crippen molar-refractivity contribution in [3.05, 3.63) is 58.6 Å². The van der Waals surface area contributed by atoms with E-state index in [0.717, 1.165) is 0 Å². The summed E-state index contributed by atoms with van der Waals surface area (Å²) in [7, 11) is 0. The average molecular weight is 252 g/mol. The molecule has 1 aromatic carbocycles. The van der Waals surface area contributed by atoms with E-state index in [0.29, 0.717) is 16.3 Å². The van der Waals surface area contributed by atoms with E-state index in [1.807, 2.05) is 0 Å². The van der Waals surface area contributed by atoms with Gasteiger partial charge in [-0.3, -0.25) is 4.98 Å². The Hall–Kier alpha value is -1.61. The van der Waals surface area contributed by atoms with Gasteiger partial charge in [-0.05, 0) is 30.7 Å². The smallest absolute Gasteiger partial charge is 0.167 e. The molecule has 0 aliphatic rings. The summed E-state index contributed by atoms with van der Waals surface area (Å²) in [5, 5.41) is 0.586. The third-order valence-corrected chi connectivity index (χ3v) is 2.55. The van der Waals surface area contributed by atoms with E-state index in [4.69, 9.17) is 16.3 Å². The first-order valence-electron chi connectivity index (χ1n) is 5.15. The van der Waals surface area contributed by atoms with Crippen LogP contribution in [-0.2, 0) is 6.61 Å². The first-order chi connectivity index (χ1) is 8.16. The Labute approximate surface area is 104 Å². The molecule has 2 nitrogen and oxygen atoms in total. The zero-order valence-electron chi connectivity index (χ0n) is 9.28. The van der Waals surface area contributed by atoms with Crippen LogP contribution in [0, 0.1) is 12.7 Å². The van der Waals surface area contributed by atoms with Crippen LogP contribution in [0.25, 0.3) is 0 Å². The van der Waals surface area contributed by atoms with Gasteiger partial charge in [0.1, 0.15) is 6.61 Å². The van der Waals surface area contributed by atoms with E-state index in [1.165, 1.54) is 0 Å². The summed E-state index contributed by atoms with van der Waals surface area (Å²) in [6.07, 6.45) is 1.59. The van der Waals surface area contributed by atoms with Crippen LogP contribution >= 0.6 is 11.6 Å². The molecule has 2 aromatic rings. The topological polar surface area (TPSA) is 22.1 Å². The van der Waals surface area contributed by atoms with Crippen molar-refractivity contribution in [2.45, 2.75) is 13.5 Å². The standard InChI is InChI=1S/C13H11ClFNO/c1-9-3-2-4-12(13(9)15)17-8-11-7-10(14)5-6-16-11/h2-7H,8H2,1H3.